The molecule has 0 amide bonds. The summed E-state index contributed by atoms with van der Waals surface area (Å²) >= 11 is 0. The van der Waals surface area contributed by atoms with E-state index >= 15 is 0 Å². The van der Waals surface area contributed by atoms with Gasteiger partial charge >= 0.3 is 5.97 Å². The average molecular weight is 307 g/mol. The molecule has 1 saturated heterocycles. The minimum atomic E-state index is -0.726. The lowest BCUT2D eigenvalue weighted by Gasteiger charge is -2.32. The number of ether oxygens (including phenoxy) is 1. The number of hydrogen-bond donors (Lipinski definition) is 1. The summed E-state index contributed by atoms with van der Waals surface area (Å²) in [4.78, 5) is 13.6. The lowest BCUT2D eigenvalue weighted by atomic mass is 9.85. The molecule has 1 saturated carbocycles. The molecule has 1 aromatic rings. The van der Waals surface area contributed by atoms with Gasteiger partial charge in [0, 0.05) is 12.6 Å². The fourth-order valence-corrected chi connectivity index (χ4v) is 3.92. The predicted molar refractivity (Wildman–Crippen MR) is 80.4 cm³/mol. The number of aliphatic carboxylic acids is 1. The minimum Gasteiger partial charge on any atom is -0.492 e. The second-order valence-corrected chi connectivity index (χ2v) is 6.24. The van der Waals surface area contributed by atoms with Crippen LogP contribution in [0.5, 0.6) is 5.75 Å². The molecule has 1 aliphatic heterocycles. The van der Waals surface area contributed by atoms with Crippen molar-refractivity contribution in [2.24, 2.45) is 5.92 Å². The molecule has 2 aliphatic rings. The number of carboxylic acid groups (broad SMARTS) is 1. The number of halogens is 1. The van der Waals surface area contributed by atoms with E-state index in [4.69, 9.17) is 4.74 Å². The summed E-state index contributed by atoms with van der Waals surface area (Å²) in [5, 5.41) is 9.45. The number of rotatable bonds is 5. The summed E-state index contributed by atoms with van der Waals surface area (Å²) in [5.41, 5.74) is 0. The molecule has 0 radical (unpaired) electrons. The number of hydrogen-bond acceptors (Lipinski definition) is 3. The summed E-state index contributed by atoms with van der Waals surface area (Å²) in [7, 11) is 0. The number of benzene rings is 1. The maximum atomic E-state index is 12.9. The lowest BCUT2D eigenvalue weighted by Crippen LogP contribution is -2.44. The van der Waals surface area contributed by atoms with Crippen LogP contribution >= 0.6 is 0 Å². The zero-order chi connectivity index (χ0) is 15.5. The zero-order valence-corrected chi connectivity index (χ0v) is 12.6. The van der Waals surface area contributed by atoms with Gasteiger partial charge in [-0.15, -0.1) is 0 Å². The van der Waals surface area contributed by atoms with Crippen LogP contribution in [-0.2, 0) is 4.79 Å². The van der Waals surface area contributed by atoms with Crippen molar-refractivity contribution in [1.82, 2.24) is 4.90 Å². The molecule has 1 aliphatic carbocycles. The van der Waals surface area contributed by atoms with E-state index in [0.29, 0.717) is 30.9 Å². The van der Waals surface area contributed by atoms with Crippen LogP contribution in [0.2, 0.25) is 0 Å². The third-order valence-corrected chi connectivity index (χ3v) is 4.94. The standard InChI is InChI=1S/C17H22FNO3/c18-13-5-7-14(8-6-13)22-10-9-19-15-4-2-1-3-12(15)11-16(19)17(20)21/h5-8,12,15-16H,1-4,9-11H2,(H,20,21). The summed E-state index contributed by atoms with van der Waals surface area (Å²) in [6, 6.07) is 5.91. The lowest BCUT2D eigenvalue weighted by molar-refractivity contribution is -0.142. The Morgan fingerprint density at radius 1 is 1.27 bits per heavy atom. The van der Waals surface area contributed by atoms with Gasteiger partial charge in [0.05, 0.1) is 0 Å². The van der Waals surface area contributed by atoms with Crippen molar-refractivity contribution in [3.63, 3.8) is 0 Å². The molecule has 3 atom stereocenters. The average Bonchev–Trinajstić information content (AvgIpc) is 2.89. The van der Waals surface area contributed by atoms with Crippen LogP contribution in [0.1, 0.15) is 32.1 Å². The molecule has 22 heavy (non-hydrogen) atoms. The van der Waals surface area contributed by atoms with Crippen molar-refractivity contribution in [2.75, 3.05) is 13.2 Å². The number of fused-ring (bicyclic) bond motifs is 1. The number of likely N-dealkylation sites (tertiary alicyclic amines) is 1. The Kier molecular flexibility index (Phi) is 4.62. The first-order valence-electron chi connectivity index (χ1n) is 8.02. The molecular weight excluding hydrogens is 285 g/mol. The van der Waals surface area contributed by atoms with E-state index in [1.165, 1.54) is 25.0 Å². The first-order valence-corrected chi connectivity index (χ1v) is 8.02. The molecule has 120 valence electrons. The smallest absolute Gasteiger partial charge is 0.320 e. The molecule has 0 bridgehead atoms. The van der Waals surface area contributed by atoms with Crippen molar-refractivity contribution >= 4 is 5.97 Å². The summed E-state index contributed by atoms with van der Waals surface area (Å²) in [6.45, 7) is 1.04. The van der Waals surface area contributed by atoms with Crippen LogP contribution in [0.3, 0.4) is 0 Å². The number of carboxylic acids is 1. The van der Waals surface area contributed by atoms with Crippen molar-refractivity contribution in [1.29, 1.82) is 0 Å². The molecule has 3 rings (SSSR count). The normalized spacial score (nSPS) is 28.3. The molecule has 4 nitrogen and oxygen atoms in total. The van der Waals surface area contributed by atoms with Gasteiger partial charge in [-0.05, 0) is 49.4 Å². The van der Waals surface area contributed by atoms with E-state index in [1.54, 1.807) is 12.1 Å². The highest BCUT2D eigenvalue weighted by Gasteiger charge is 2.44. The van der Waals surface area contributed by atoms with E-state index in [9.17, 15) is 14.3 Å². The first-order chi connectivity index (χ1) is 10.6. The molecule has 1 heterocycles. The van der Waals surface area contributed by atoms with E-state index < -0.39 is 5.97 Å². The SMILES string of the molecule is O=C(O)C1CC2CCCCC2N1CCOc1ccc(F)cc1. The topological polar surface area (TPSA) is 49.8 Å². The maximum absolute atomic E-state index is 12.9. The van der Waals surface area contributed by atoms with Crippen LogP contribution in [-0.4, -0.2) is 41.2 Å². The molecule has 0 spiro atoms. The Morgan fingerprint density at radius 2 is 2.00 bits per heavy atom. The van der Waals surface area contributed by atoms with E-state index in [1.807, 2.05) is 0 Å². The Hall–Kier alpha value is -1.62. The van der Waals surface area contributed by atoms with E-state index in [0.717, 1.165) is 19.3 Å². The Balaban J connectivity index is 1.59. The quantitative estimate of drug-likeness (QED) is 0.908. The third-order valence-electron chi connectivity index (χ3n) is 4.94. The monoisotopic (exact) mass is 307 g/mol. The van der Waals surface area contributed by atoms with Gasteiger partial charge in [0.2, 0.25) is 0 Å². The fourth-order valence-electron chi connectivity index (χ4n) is 3.92. The van der Waals surface area contributed by atoms with Crippen LogP contribution in [0.4, 0.5) is 4.39 Å². The molecule has 3 unspecified atom stereocenters. The predicted octanol–water partition coefficient (Wildman–Crippen LogP) is 2.92. The van der Waals surface area contributed by atoms with Gasteiger partial charge in [0.25, 0.3) is 0 Å². The van der Waals surface area contributed by atoms with Crippen molar-refractivity contribution in [2.45, 2.75) is 44.2 Å². The van der Waals surface area contributed by atoms with Crippen LogP contribution in [0, 0.1) is 11.7 Å². The first kappa shape index (κ1) is 15.3. The molecule has 1 aromatic carbocycles. The zero-order valence-electron chi connectivity index (χ0n) is 12.6. The van der Waals surface area contributed by atoms with Crippen molar-refractivity contribution in [3.8, 4) is 5.75 Å². The minimum absolute atomic E-state index is 0.289. The van der Waals surface area contributed by atoms with Gasteiger partial charge in [0.15, 0.2) is 0 Å². The third kappa shape index (κ3) is 3.24. The van der Waals surface area contributed by atoms with Gasteiger partial charge in [-0.3, -0.25) is 9.69 Å². The van der Waals surface area contributed by atoms with Crippen molar-refractivity contribution < 1.29 is 19.0 Å². The molecule has 0 aromatic heterocycles. The van der Waals surface area contributed by atoms with E-state index in [-0.39, 0.29) is 11.9 Å². The van der Waals surface area contributed by atoms with E-state index in [2.05, 4.69) is 4.90 Å². The van der Waals surface area contributed by atoms with Crippen molar-refractivity contribution in [3.05, 3.63) is 30.1 Å². The number of carbonyl (C=O) groups is 1. The van der Waals surface area contributed by atoms with Gasteiger partial charge in [-0.2, -0.15) is 0 Å². The summed E-state index contributed by atoms with van der Waals surface area (Å²) in [6.07, 6.45) is 5.39. The second kappa shape index (κ2) is 6.65. The maximum Gasteiger partial charge on any atom is 0.320 e. The molecular formula is C17H22FNO3. The van der Waals surface area contributed by atoms with Gasteiger partial charge in [-0.25, -0.2) is 4.39 Å². The highest BCUT2D eigenvalue weighted by Crippen LogP contribution is 2.39. The summed E-state index contributed by atoms with van der Waals surface area (Å²) < 4.78 is 18.5. The molecule has 1 N–H and O–H groups in total. The molecule has 2 fully saturated rings. The fraction of sp³-hybridized carbons (Fsp3) is 0.588. The Morgan fingerprint density at radius 3 is 2.73 bits per heavy atom. The Labute approximate surface area is 129 Å². The highest BCUT2D eigenvalue weighted by atomic mass is 19.1. The van der Waals surface area contributed by atoms with Gasteiger partial charge in [0.1, 0.15) is 24.2 Å². The second-order valence-electron chi connectivity index (χ2n) is 6.24. The summed E-state index contributed by atoms with van der Waals surface area (Å²) in [5.74, 6) is 0.118. The van der Waals surface area contributed by atoms with Crippen LogP contribution in [0.15, 0.2) is 24.3 Å². The van der Waals surface area contributed by atoms with Gasteiger partial charge in [-0.1, -0.05) is 12.8 Å². The Bertz CT molecular complexity index is 519. The van der Waals surface area contributed by atoms with Crippen LogP contribution in [0.25, 0.3) is 0 Å². The van der Waals surface area contributed by atoms with Gasteiger partial charge < -0.3 is 9.84 Å². The van der Waals surface area contributed by atoms with Crippen LogP contribution < -0.4 is 4.74 Å². The number of nitrogens with zero attached hydrogens (tertiary/aromatic N) is 1. The highest BCUT2D eigenvalue weighted by molar-refractivity contribution is 5.74. The molecule has 5 heteroatoms. The largest absolute Gasteiger partial charge is 0.492 e.